The second-order valence-electron chi connectivity index (χ2n) is 10.1. The zero-order chi connectivity index (χ0) is 31.9. The van der Waals surface area contributed by atoms with E-state index in [0.29, 0.717) is 22.4 Å². The van der Waals surface area contributed by atoms with Crippen LogP contribution >= 0.6 is 0 Å². The van der Waals surface area contributed by atoms with Gasteiger partial charge >= 0.3 is 0 Å². The highest BCUT2D eigenvalue weighted by molar-refractivity contribution is 6.09. The minimum atomic E-state index is -2.66. The number of fused-ring (bicyclic) bond motifs is 3. The van der Waals surface area contributed by atoms with Gasteiger partial charge in [-0.05, 0) is 72.4 Å². The summed E-state index contributed by atoms with van der Waals surface area (Å²) in [5, 5.41) is 1.49. The summed E-state index contributed by atoms with van der Waals surface area (Å²) in [4.78, 5) is 0. The Morgan fingerprint density at radius 1 is 0.914 bits per heavy atom. The average Bonchev–Trinajstić information content (AvgIpc) is 3.24. The summed E-state index contributed by atoms with van der Waals surface area (Å²) in [5.41, 5.74) is 2.46. The Morgan fingerprint density at radius 3 is 2.43 bits per heavy atom. The van der Waals surface area contributed by atoms with Crippen LogP contribution < -0.4 is 4.57 Å². The molecule has 0 bridgehead atoms. The van der Waals surface area contributed by atoms with E-state index >= 15 is 0 Å². The van der Waals surface area contributed by atoms with Crippen LogP contribution in [0.15, 0.2) is 65.2 Å². The monoisotopic (exact) mass is 474 g/mol. The molecular formula is C32H33FNO+. The van der Waals surface area contributed by atoms with E-state index in [1.807, 2.05) is 19.1 Å². The van der Waals surface area contributed by atoms with E-state index in [-0.39, 0.29) is 27.8 Å². The molecule has 0 atom stereocenters. The highest BCUT2D eigenvalue weighted by atomic mass is 19.1. The Labute approximate surface area is 218 Å². The summed E-state index contributed by atoms with van der Waals surface area (Å²) < 4.78 is 89.3. The molecule has 0 unspecified atom stereocenters. The second kappa shape index (κ2) is 8.34. The highest BCUT2D eigenvalue weighted by Crippen LogP contribution is 2.39. The standard InChI is InChI=1S/C32H33FNO/c1-19-8-11-26-25-13-10-23(33)15-29(25)35-31(26)30(19)28-16-27(21(3)18-34(28)7)24-12-9-22(14-20(24)2)17-32(4,5)6/h8-16,18H,17H2,1-7H3/q+1/i2D3,3D3,17D2. The lowest BCUT2D eigenvalue weighted by Gasteiger charge is -2.19. The van der Waals surface area contributed by atoms with Gasteiger partial charge in [0.15, 0.2) is 6.20 Å². The molecule has 0 fully saturated rings. The molecule has 3 heteroatoms. The summed E-state index contributed by atoms with van der Waals surface area (Å²) in [5.74, 6) is -0.434. The zero-order valence-corrected chi connectivity index (χ0v) is 20.5. The number of furan rings is 1. The molecule has 0 spiro atoms. The average molecular weight is 475 g/mol. The first kappa shape index (κ1) is 15.5. The molecule has 0 aliphatic carbocycles. The maximum absolute atomic E-state index is 14.0. The Balaban J connectivity index is 1.86. The van der Waals surface area contributed by atoms with Gasteiger partial charge < -0.3 is 4.42 Å². The molecule has 35 heavy (non-hydrogen) atoms. The quantitative estimate of drug-likeness (QED) is 0.240. The van der Waals surface area contributed by atoms with E-state index < -0.39 is 31.3 Å². The Bertz CT molecular complexity index is 1900. The van der Waals surface area contributed by atoms with E-state index in [0.717, 1.165) is 16.3 Å². The molecule has 0 saturated heterocycles. The Hall–Kier alpha value is -3.46. The second-order valence-corrected chi connectivity index (χ2v) is 10.1. The lowest BCUT2D eigenvalue weighted by atomic mass is 9.86. The smallest absolute Gasteiger partial charge is 0.216 e. The fraction of sp³-hybridized carbons (Fsp3) is 0.281. The fourth-order valence-electron chi connectivity index (χ4n) is 4.64. The van der Waals surface area contributed by atoms with Gasteiger partial charge in [0.25, 0.3) is 0 Å². The van der Waals surface area contributed by atoms with E-state index in [1.165, 1.54) is 36.5 Å². The number of aryl methyl sites for hydroxylation is 4. The molecule has 2 nitrogen and oxygen atoms in total. The van der Waals surface area contributed by atoms with E-state index in [1.54, 1.807) is 44.5 Å². The van der Waals surface area contributed by atoms with Crippen molar-refractivity contribution in [3.05, 3.63) is 88.9 Å². The van der Waals surface area contributed by atoms with Crippen molar-refractivity contribution in [1.82, 2.24) is 0 Å². The van der Waals surface area contributed by atoms with Crippen LogP contribution in [0.4, 0.5) is 4.39 Å². The lowest BCUT2D eigenvalue weighted by Crippen LogP contribution is -2.31. The molecule has 5 rings (SSSR count). The van der Waals surface area contributed by atoms with Crippen molar-refractivity contribution in [2.24, 2.45) is 12.5 Å². The van der Waals surface area contributed by atoms with E-state index in [9.17, 15) is 4.39 Å². The van der Waals surface area contributed by atoms with Gasteiger partial charge in [-0.1, -0.05) is 51.1 Å². The molecule has 0 N–H and O–H groups in total. The van der Waals surface area contributed by atoms with Crippen LogP contribution in [0.1, 0.15) is 54.0 Å². The first-order valence-corrected chi connectivity index (χ1v) is 11.5. The molecule has 2 aromatic heterocycles. The number of benzene rings is 3. The summed E-state index contributed by atoms with van der Waals surface area (Å²) >= 11 is 0. The summed E-state index contributed by atoms with van der Waals surface area (Å²) in [6.45, 7) is 1.85. The molecule has 5 aromatic rings. The molecular weight excluding hydrogens is 433 g/mol. The van der Waals surface area contributed by atoms with Crippen molar-refractivity contribution in [3.63, 3.8) is 0 Å². The third-order valence-electron chi connectivity index (χ3n) is 6.17. The number of hydrogen-bond donors (Lipinski definition) is 0. The Kier molecular flexibility index (Phi) is 3.70. The summed E-state index contributed by atoms with van der Waals surface area (Å²) in [6, 6.07) is 14.2. The van der Waals surface area contributed by atoms with Crippen LogP contribution in [0.2, 0.25) is 0 Å². The number of aromatic nitrogens is 1. The van der Waals surface area contributed by atoms with Gasteiger partial charge in [0.05, 0.1) is 5.56 Å². The molecule has 0 radical (unpaired) electrons. The van der Waals surface area contributed by atoms with Gasteiger partial charge in [-0.3, -0.25) is 0 Å². The van der Waals surface area contributed by atoms with Gasteiger partial charge in [-0.2, -0.15) is 0 Å². The van der Waals surface area contributed by atoms with Crippen LogP contribution in [0.25, 0.3) is 44.3 Å². The van der Waals surface area contributed by atoms with Crippen molar-refractivity contribution in [1.29, 1.82) is 0 Å². The lowest BCUT2D eigenvalue weighted by molar-refractivity contribution is -0.660. The predicted molar refractivity (Wildman–Crippen MR) is 143 cm³/mol. The van der Waals surface area contributed by atoms with Crippen LogP contribution in [0.3, 0.4) is 0 Å². The predicted octanol–water partition coefficient (Wildman–Crippen LogP) is 8.40. The van der Waals surface area contributed by atoms with Gasteiger partial charge in [0.2, 0.25) is 5.69 Å². The van der Waals surface area contributed by atoms with Crippen molar-refractivity contribution < 1.29 is 24.3 Å². The maximum atomic E-state index is 14.0. The maximum Gasteiger partial charge on any atom is 0.216 e. The van der Waals surface area contributed by atoms with Crippen LogP contribution in [0, 0.1) is 31.9 Å². The fourth-order valence-corrected chi connectivity index (χ4v) is 4.64. The first-order valence-electron chi connectivity index (χ1n) is 15.5. The topological polar surface area (TPSA) is 17.0 Å². The van der Waals surface area contributed by atoms with E-state index in [4.69, 9.17) is 15.4 Å². The minimum absolute atomic E-state index is 0.0488. The number of hydrogen-bond acceptors (Lipinski definition) is 1. The molecule has 0 saturated carbocycles. The third-order valence-corrected chi connectivity index (χ3v) is 6.17. The largest absolute Gasteiger partial charge is 0.455 e. The third kappa shape index (κ3) is 4.25. The van der Waals surface area contributed by atoms with Crippen molar-refractivity contribution >= 4 is 21.9 Å². The van der Waals surface area contributed by atoms with Gasteiger partial charge in [-0.25, -0.2) is 8.96 Å². The molecule has 0 aliphatic heterocycles. The molecule has 2 heterocycles. The van der Waals surface area contributed by atoms with Crippen LogP contribution in [0.5, 0.6) is 0 Å². The van der Waals surface area contributed by atoms with Crippen molar-refractivity contribution in [2.45, 2.75) is 47.8 Å². The van der Waals surface area contributed by atoms with Gasteiger partial charge in [0, 0.05) is 39.4 Å². The zero-order valence-electron chi connectivity index (χ0n) is 28.5. The number of rotatable bonds is 3. The SMILES string of the molecule is [2H]C([2H])([2H])c1cc(C([2H])([2H])C(C)(C)C)ccc1-c1cc(-c2c(C)ccc3c2oc2cc(F)ccc23)[n+](C)cc1C([2H])([2H])[2H]. The molecule has 3 aromatic carbocycles. The Morgan fingerprint density at radius 2 is 1.69 bits per heavy atom. The first-order chi connectivity index (χ1) is 19.7. The van der Waals surface area contributed by atoms with Crippen molar-refractivity contribution in [2.75, 3.05) is 0 Å². The minimum Gasteiger partial charge on any atom is -0.455 e. The number of nitrogens with zero attached hydrogens (tertiary/aromatic N) is 1. The molecule has 0 aliphatic rings. The summed E-state index contributed by atoms with van der Waals surface area (Å²) in [7, 11) is 1.71. The normalized spacial score (nSPS) is 16.6. The van der Waals surface area contributed by atoms with E-state index in [2.05, 4.69) is 0 Å². The number of pyridine rings is 1. The number of halogens is 1. The van der Waals surface area contributed by atoms with Gasteiger partial charge in [0.1, 0.15) is 24.0 Å². The van der Waals surface area contributed by atoms with Gasteiger partial charge in [-0.15, -0.1) is 0 Å². The van der Waals surface area contributed by atoms with Crippen LogP contribution in [-0.4, -0.2) is 0 Å². The van der Waals surface area contributed by atoms with Crippen molar-refractivity contribution in [3.8, 4) is 22.4 Å². The highest BCUT2D eigenvalue weighted by Gasteiger charge is 2.23. The van der Waals surface area contributed by atoms with Crippen LogP contribution in [-0.2, 0) is 13.4 Å². The molecule has 0 amide bonds. The molecule has 178 valence electrons. The summed E-state index contributed by atoms with van der Waals surface area (Å²) in [6.07, 6.45) is -0.385.